The van der Waals surface area contributed by atoms with Crippen molar-refractivity contribution in [1.82, 2.24) is 9.88 Å². The molecule has 1 N–H and O–H groups in total. The van der Waals surface area contributed by atoms with E-state index in [-0.39, 0.29) is 18.0 Å². The van der Waals surface area contributed by atoms with E-state index < -0.39 is 17.8 Å². The van der Waals surface area contributed by atoms with Crippen molar-refractivity contribution in [3.63, 3.8) is 0 Å². The van der Waals surface area contributed by atoms with Gasteiger partial charge in [0.15, 0.2) is 0 Å². The molecule has 1 heterocycles. The number of aromatic nitrogens is 1. The lowest BCUT2D eigenvalue weighted by Gasteiger charge is -2.23. The number of amides is 2. The second kappa shape index (κ2) is 9.39. The van der Waals surface area contributed by atoms with Crippen molar-refractivity contribution in [2.45, 2.75) is 19.1 Å². The van der Waals surface area contributed by atoms with Gasteiger partial charge < -0.3 is 10.2 Å². The highest BCUT2D eigenvalue weighted by molar-refractivity contribution is 5.89. The first-order chi connectivity index (χ1) is 14.3. The first-order valence-electron chi connectivity index (χ1n) is 9.19. The fourth-order valence-electron chi connectivity index (χ4n) is 2.80. The van der Waals surface area contributed by atoms with E-state index in [9.17, 15) is 22.4 Å². The van der Waals surface area contributed by atoms with Crippen LogP contribution in [-0.4, -0.2) is 22.5 Å². The monoisotopic (exact) mass is 417 g/mol. The van der Waals surface area contributed by atoms with Crippen molar-refractivity contribution in [2.24, 2.45) is 0 Å². The van der Waals surface area contributed by atoms with Gasteiger partial charge >= 0.3 is 12.2 Å². The number of nitrogens with one attached hydrogen (secondary N) is 1. The predicted molar refractivity (Wildman–Crippen MR) is 105 cm³/mol. The second-order valence-corrected chi connectivity index (χ2v) is 6.62. The lowest BCUT2D eigenvalue weighted by Crippen LogP contribution is -2.36. The van der Waals surface area contributed by atoms with E-state index in [0.717, 1.165) is 23.4 Å². The zero-order chi connectivity index (χ0) is 21.6. The summed E-state index contributed by atoms with van der Waals surface area (Å²) in [6, 6.07) is 15.0. The second-order valence-electron chi connectivity index (χ2n) is 6.62. The number of carbonyl (C=O) groups is 1. The molecule has 0 fully saturated rings. The predicted octanol–water partition coefficient (Wildman–Crippen LogP) is 5.52. The van der Waals surface area contributed by atoms with Crippen LogP contribution in [0.5, 0.6) is 0 Å². The summed E-state index contributed by atoms with van der Waals surface area (Å²) >= 11 is 0. The molecule has 0 saturated heterocycles. The van der Waals surface area contributed by atoms with Gasteiger partial charge in [-0.1, -0.05) is 18.2 Å². The molecule has 0 aliphatic heterocycles. The lowest BCUT2D eigenvalue weighted by atomic mass is 10.2. The molecule has 0 spiro atoms. The first-order valence-corrected chi connectivity index (χ1v) is 9.19. The van der Waals surface area contributed by atoms with Gasteiger partial charge in [-0.15, -0.1) is 0 Å². The molecule has 156 valence electrons. The third kappa shape index (κ3) is 6.04. The molecule has 0 bridgehead atoms. The average Bonchev–Trinajstić information content (AvgIpc) is 2.73. The van der Waals surface area contributed by atoms with Crippen molar-refractivity contribution in [2.75, 3.05) is 11.9 Å². The Morgan fingerprint density at radius 3 is 2.27 bits per heavy atom. The molecule has 0 atom stereocenters. The Hall–Kier alpha value is -3.42. The molecule has 0 radical (unpaired) electrons. The van der Waals surface area contributed by atoms with Gasteiger partial charge in [-0.2, -0.15) is 13.2 Å². The van der Waals surface area contributed by atoms with Gasteiger partial charge in [-0.25, -0.2) is 9.18 Å². The van der Waals surface area contributed by atoms with Crippen LogP contribution in [0.2, 0.25) is 0 Å². The molecule has 0 saturated carbocycles. The number of urea groups is 1. The standard InChI is InChI=1S/C22H19F4N3O/c23-18-8-4-16(5-9-18)15-29(14-12-19-3-1-2-13-27-19)21(30)28-20-10-6-17(7-11-20)22(24,25)26/h1-11,13H,12,14-15H2,(H,28,30). The summed E-state index contributed by atoms with van der Waals surface area (Å²) in [7, 11) is 0. The average molecular weight is 417 g/mol. The largest absolute Gasteiger partial charge is 0.416 e. The minimum absolute atomic E-state index is 0.208. The molecule has 0 aliphatic carbocycles. The van der Waals surface area contributed by atoms with Crippen molar-refractivity contribution < 1.29 is 22.4 Å². The number of nitrogens with zero attached hydrogens (tertiary/aromatic N) is 2. The Bertz CT molecular complexity index is 958. The fourth-order valence-corrected chi connectivity index (χ4v) is 2.80. The minimum atomic E-state index is -4.44. The Morgan fingerprint density at radius 1 is 0.967 bits per heavy atom. The van der Waals surface area contributed by atoms with Gasteiger partial charge in [0.25, 0.3) is 0 Å². The van der Waals surface area contributed by atoms with Crippen LogP contribution in [0.15, 0.2) is 72.9 Å². The summed E-state index contributed by atoms with van der Waals surface area (Å²) in [6.45, 7) is 0.528. The number of hydrogen-bond donors (Lipinski definition) is 1. The van der Waals surface area contributed by atoms with Crippen LogP contribution in [0.4, 0.5) is 28.0 Å². The Kier molecular flexibility index (Phi) is 6.66. The summed E-state index contributed by atoms with van der Waals surface area (Å²) in [5, 5.41) is 2.61. The van der Waals surface area contributed by atoms with Crippen LogP contribution < -0.4 is 5.32 Å². The van der Waals surface area contributed by atoms with Crippen LogP contribution in [-0.2, 0) is 19.1 Å². The minimum Gasteiger partial charge on any atom is -0.320 e. The summed E-state index contributed by atoms with van der Waals surface area (Å²) in [5.74, 6) is -0.381. The van der Waals surface area contributed by atoms with E-state index in [4.69, 9.17) is 0 Å². The van der Waals surface area contributed by atoms with Crippen LogP contribution in [0, 0.1) is 5.82 Å². The topological polar surface area (TPSA) is 45.2 Å². The van der Waals surface area contributed by atoms with Crippen LogP contribution in [0.3, 0.4) is 0 Å². The Balaban J connectivity index is 1.72. The molecule has 3 aromatic rings. The van der Waals surface area contributed by atoms with E-state index in [2.05, 4.69) is 10.3 Å². The van der Waals surface area contributed by atoms with E-state index >= 15 is 0 Å². The number of pyridine rings is 1. The smallest absolute Gasteiger partial charge is 0.320 e. The zero-order valence-electron chi connectivity index (χ0n) is 15.9. The maximum atomic E-state index is 13.2. The number of carbonyl (C=O) groups excluding carboxylic acids is 1. The van der Waals surface area contributed by atoms with Gasteiger partial charge in [-0.05, 0) is 54.1 Å². The van der Waals surface area contributed by atoms with Gasteiger partial charge in [0.1, 0.15) is 5.82 Å². The van der Waals surface area contributed by atoms with Crippen molar-refractivity contribution in [3.05, 3.63) is 95.6 Å². The van der Waals surface area contributed by atoms with Crippen LogP contribution in [0.1, 0.15) is 16.8 Å². The van der Waals surface area contributed by atoms with Gasteiger partial charge in [0.2, 0.25) is 0 Å². The molecule has 1 aromatic heterocycles. The van der Waals surface area contributed by atoms with Crippen molar-refractivity contribution in [3.8, 4) is 0 Å². The molecular formula is C22H19F4N3O. The lowest BCUT2D eigenvalue weighted by molar-refractivity contribution is -0.137. The Morgan fingerprint density at radius 2 is 1.67 bits per heavy atom. The molecule has 8 heteroatoms. The molecule has 4 nitrogen and oxygen atoms in total. The number of alkyl halides is 3. The third-order valence-electron chi connectivity index (χ3n) is 4.40. The molecular weight excluding hydrogens is 398 g/mol. The van der Waals surface area contributed by atoms with Gasteiger partial charge in [0.05, 0.1) is 5.56 Å². The molecule has 3 rings (SSSR count). The van der Waals surface area contributed by atoms with E-state index in [0.29, 0.717) is 13.0 Å². The maximum Gasteiger partial charge on any atom is 0.416 e. The third-order valence-corrected chi connectivity index (χ3v) is 4.40. The van der Waals surface area contributed by atoms with Gasteiger partial charge in [-0.3, -0.25) is 4.98 Å². The molecule has 0 unspecified atom stereocenters. The summed E-state index contributed by atoms with van der Waals surface area (Å²) in [4.78, 5) is 18.5. The van der Waals surface area contributed by atoms with E-state index in [1.54, 1.807) is 24.4 Å². The molecule has 30 heavy (non-hydrogen) atoms. The van der Waals surface area contributed by atoms with Crippen molar-refractivity contribution >= 4 is 11.7 Å². The van der Waals surface area contributed by atoms with Crippen molar-refractivity contribution in [1.29, 1.82) is 0 Å². The maximum absolute atomic E-state index is 13.2. The molecule has 2 aromatic carbocycles. The highest BCUT2D eigenvalue weighted by atomic mass is 19.4. The van der Waals surface area contributed by atoms with E-state index in [1.807, 2.05) is 12.1 Å². The molecule has 2 amide bonds. The summed E-state index contributed by atoms with van der Waals surface area (Å²) < 4.78 is 51.3. The number of hydrogen-bond acceptors (Lipinski definition) is 2. The van der Waals surface area contributed by atoms with Crippen LogP contribution in [0.25, 0.3) is 0 Å². The molecule has 0 aliphatic rings. The quantitative estimate of drug-likeness (QED) is 0.537. The fraction of sp³-hybridized carbons (Fsp3) is 0.182. The summed E-state index contributed by atoms with van der Waals surface area (Å²) in [6.07, 6.45) is -2.30. The number of anilines is 1. The van der Waals surface area contributed by atoms with Gasteiger partial charge in [0, 0.05) is 37.1 Å². The Labute approximate surface area is 171 Å². The SMILES string of the molecule is O=C(Nc1ccc(C(F)(F)F)cc1)N(CCc1ccccn1)Cc1ccc(F)cc1. The number of rotatable bonds is 6. The number of benzene rings is 2. The van der Waals surface area contributed by atoms with E-state index in [1.165, 1.54) is 29.2 Å². The first kappa shape index (κ1) is 21.3. The normalized spacial score (nSPS) is 11.2. The highest BCUT2D eigenvalue weighted by Gasteiger charge is 2.30. The summed E-state index contributed by atoms with van der Waals surface area (Å²) in [5.41, 5.74) is 0.970. The number of halogens is 4. The highest BCUT2D eigenvalue weighted by Crippen LogP contribution is 2.29. The van der Waals surface area contributed by atoms with Crippen LogP contribution >= 0.6 is 0 Å². The zero-order valence-corrected chi connectivity index (χ0v) is 15.9.